The lowest BCUT2D eigenvalue weighted by atomic mass is 9.84. The average molecular weight is 282 g/mol. The van der Waals surface area contributed by atoms with E-state index in [1.165, 1.54) is 19.3 Å². The van der Waals surface area contributed by atoms with Crippen molar-refractivity contribution in [2.45, 2.75) is 77.5 Å². The van der Waals surface area contributed by atoms with Crippen LogP contribution in [0.3, 0.4) is 0 Å². The van der Waals surface area contributed by atoms with Gasteiger partial charge in [-0.2, -0.15) is 0 Å². The largest absolute Gasteiger partial charge is 0.444 e. The van der Waals surface area contributed by atoms with E-state index in [0.29, 0.717) is 18.0 Å². The van der Waals surface area contributed by atoms with Gasteiger partial charge in [-0.25, -0.2) is 4.79 Å². The van der Waals surface area contributed by atoms with Gasteiger partial charge in [0.05, 0.1) is 0 Å². The van der Waals surface area contributed by atoms with Crippen LogP contribution in [0.4, 0.5) is 4.79 Å². The quantitative estimate of drug-likeness (QED) is 0.864. The van der Waals surface area contributed by atoms with Crippen molar-refractivity contribution >= 4 is 6.09 Å². The third-order valence-corrected chi connectivity index (χ3v) is 4.38. The van der Waals surface area contributed by atoms with Crippen LogP contribution in [0.5, 0.6) is 0 Å². The number of ether oxygens (including phenoxy) is 1. The molecule has 2 rings (SSSR count). The van der Waals surface area contributed by atoms with Crippen LogP contribution < -0.4 is 5.32 Å². The van der Waals surface area contributed by atoms with Crippen molar-refractivity contribution in [2.75, 3.05) is 13.1 Å². The van der Waals surface area contributed by atoms with Crippen molar-refractivity contribution in [3.63, 3.8) is 0 Å². The summed E-state index contributed by atoms with van der Waals surface area (Å²) in [5, 5.41) is 3.49. The Morgan fingerprint density at radius 3 is 2.40 bits per heavy atom. The second-order valence-corrected chi connectivity index (χ2v) is 7.47. The molecule has 1 aliphatic carbocycles. The Labute approximate surface area is 123 Å². The molecule has 2 aliphatic rings. The lowest BCUT2D eigenvalue weighted by molar-refractivity contribution is 0.00517. The first-order valence-electron chi connectivity index (χ1n) is 8.08. The minimum atomic E-state index is -0.412. The molecule has 0 aromatic carbocycles. The van der Waals surface area contributed by atoms with Crippen molar-refractivity contribution in [3.8, 4) is 0 Å². The van der Waals surface area contributed by atoms with E-state index in [1.54, 1.807) is 0 Å². The molecule has 1 saturated carbocycles. The highest BCUT2D eigenvalue weighted by molar-refractivity contribution is 5.68. The summed E-state index contributed by atoms with van der Waals surface area (Å²) in [6.45, 7) is 9.79. The first-order valence-corrected chi connectivity index (χ1v) is 8.08. The highest BCUT2D eigenvalue weighted by atomic mass is 16.6. The molecule has 4 heteroatoms. The molecule has 1 heterocycles. The van der Waals surface area contributed by atoms with Crippen molar-refractivity contribution in [1.29, 1.82) is 0 Å². The van der Waals surface area contributed by atoms with Gasteiger partial charge in [-0.05, 0) is 59.3 Å². The third-order valence-electron chi connectivity index (χ3n) is 4.38. The zero-order valence-corrected chi connectivity index (χ0v) is 13.4. The first kappa shape index (κ1) is 15.6. The topological polar surface area (TPSA) is 41.6 Å². The summed E-state index contributed by atoms with van der Waals surface area (Å²) in [5.41, 5.74) is -0.412. The molecule has 2 fully saturated rings. The zero-order valence-electron chi connectivity index (χ0n) is 13.4. The van der Waals surface area contributed by atoms with Crippen LogP contribution in [0.15, 0.2) is 0 Å². The smallest absolute Gasteiger partial charge is 0.410 e. The van der Waals surface area contributed by atoms with Gasteiger partial charge in [0.25, 0.3) is 0 Å². The van der Waals surface area contributed by atoms with E-state index >= 15 is 0 Å². The molecule has 1 amide bonds. The van der Waals surface area contributed by atoms with Crippen LogP contribution in [0.1, 0.15) is 59.8 Å². The molecule has 0 unspecified atom stereocenters. The molecule has 0 spiro atoms. The van der Waals surface area contributed by atoms with Crippen molar-refractivity contribution in [3.05, 3.63) is 0 Å². The minimum absolute atomic E-state index is 0.134. The van der Waals surface area contributed by atoms with Gasteiger partial charge in [-0.15, -0.1) is 0 Å². The molecule has 1 saturated heterocycles. The van der Waals surface area contributed by atoms with Gasteiger partial charge in [0, 0.05) is 25.2 Å². The fourth-order valence-corrected chi connectivity index (χ4v) is 2.90. The standard InChI is InChI=1S/C16H30N2O2/c1-12-8-9-14(10-17-12)18(11-13-6-5-7-13)15(19)20-16(2,3)4/h12-14,17H,5-11H2,1-4H3/t12-,14+/m0/s1. The Bertz CT molecular complexity index is 326. The van der Waals surface area contributed by atoms with E-state index < -0.39 is 5.60 Å². The van der Waals surface area contributed by atoms with Crippen LogP contribution in [-0.2, 0) is 4.74 Å². The Hall–Kier alpha value is -0.770. The molecular formula is C16H30N2O2. The van der Waals surface area contributed by atoms with Crippen LogP contribution in [0, 0.1) is 5.92 Å². The second kappa shape index (κ2) is 6.33. The molecule has 0 aromatic heterocycles. The summed E-state index contributed by atoms with van der Waals surface area (Å²) in [4.78, 5) is 14.5. The van der Waals surface area contributed by atoms with Crippen LogP contribution in [0.2, 0.25) is 0 Å². The second-order valence-electron chi connectivity index (χ2n) is 7.47. The maximum atomic E-state index is 12.5. The molecule has 0 bridgehead atoms. The van der Waals surface area contributed by atoms with Gasteiger partial charge in [-0.1, -0.05) is 6.42 Å². The van der Waals surface area contributed by atoms with Gasteiger partial charge in [0.2, 0.25) is 0 Å². The van der Waals surface area contributed by atoms with Crippen molar-refractivity contribution < 1.29 is 9.53 Å². The number of nitrogens with one attached hydrogen (secondary N) is 1. The number of hydrogen-bond donors (Lipinski definition) is 1. The Kier molecular flexibility index (Phi) is 4.95. The van der Waals surface area contributed by atoms with Crippen molar-refractivity contribution in [1.82, 2.24) is 10.2 Å². The zero-order chi connectivity index (χ0) is 14.8. The number of carbonyl (C=O) groups excluding carboxylic acids is 1. The van der Waals surface area contributed by atoms with Crippen LogP contribution in [0.25, 0.3) is 0 Å². The molecule has 0 radical (unpaired) electrons. The number of piperidine rings is 1. The Morgan fingerprint density at radius 1 is 1.25 bits per heavy atom. The predicted octanol–water partition coefficient (Wildman–Crippen LogP) is 3.16. The van der Waals surface area contributed by atoms with Gasteiger partial charge in [0.1, 0.15) is 5.60 Å². The van der Waals surface area contributed by atoms with Crippen LogP contribution in [-0.4, -0.2) is 41.8 Å². The number of rotatable bonds is 3. The maximum Gasteiger partial charge on any atom is 0.410 e. The van der Waals surface area contributed by atoms with Gasteiger partial charge in [-0.3, -0.25) is 0 Å². The van der Waals surface area contributed by atoms with E-state index in [1.807, 2.05) is 25.7 Å². The van der Waals surface area contributed by atoms with E-state index in [-0.39, 0.29) is 6.09 Å². The molecule has 116 valence electrons. The lowest BCUT2D eigenvalue weighted by Gasteiger charge is -2.40. The predicted molar refractivity (Wildman–Crippen MR) is 80.8 cm³/mol. The third kappa shape index (κ3) is 4.37. The Balaban J connectivity index is 1.97. The molecule has 1 aliphatic heterocycles. The maximum absolute atomic E-state index is 12.5. The minimum Gasteiger partial charge on any atom is -0.444 e. The summed E-state index contributed by atoms with van der Waals surface area (Å²) in [7, 11) is 0. The lowest BCUT2D eigenvalue weighted by Crippen LogP contribution is -2.53. The summed E-state index contributed by atoms with van der Waals surface area (Å²) in [5.74, 6) is 0.682. The number of amides is 1. The highest BCUT2D eigenvalue weighted by Crippen LogP contribution is 2.29. The molecular weight excluding hydrogens is 252 g/mol. The summed E-state index contributed by atoms with van der Waals surface area (Å²) < 4.78 is 5.61. The molecule has 0 aromatic rings. The fourth-order valence-electron chi connectivity index (χ4n) is 2.90. The molecule has 2 atom stereocenters. The molecule has 1 N–H and O–H groups in total. The van der Waals surface area contributed by atoms with Gasteiger partial charge < -0.3 is 15.0 Å². The van der Waals surface area contributed by atoms with Crippen molar-refractivity contribution in [2.24, 2.45) is 5.92 Å². The van der Waals surface area contributed by atoms with Gasteiger partial charge in [0.15, 0.2) is 0 Å². The van der Waals surface area contributed by atoms with Gasteiger partial charge >= 0.3 is 6.09 Å². The summed E-state index contributed by atoms with van der Waals surface area (Å²) >= 11 is 0. The monoisotopic (exact) mass is 282 g/mol. The Morgan fingerprint density at radius 2 is 1.95 bits per heavy atom. The number of hydrogen-bond acceptors (Lipinski definition) is 3. The average Bonchev–Trinajstić information content (AvgIpc) is 2.27. The van der Waals surface area contributed by atoms with E-state index in [9.17, 15) is 4.79 Å². The SMILES string of the molecule is C[C@H]1CC[C@@H](N(CC2CCC2)C(=O)OC(C)(C)C)CN1. The summed E-state index contributed by atoms with van der Waals surface area (Å²) in [6, 6.07) is 0.858. The van der Waals surface area contributed by atoms with E-state index in [4.69, 9.17) is 4.74 Å². The normalized spacial score (nSPS) is 27.8. The first-order chi connectivity index (χ1) is 9.35. The summed E-state index contributed by atoms with van der Waals surface area (Å²) in [6.07, 6.45) is 5.92. The van der Waals surface area contributed by atoms with E-state index in [0.717, 1.165) is 25.9 Å². The van der Waals surface area contributed by atoms with Crippen LogP contribution >= 0.6 is 0 Å². The number of carbonyl (C=O) groups is 1. The molecule has 4 nitrogen and oxygen atoms in total. The fraction of sp³-hybridized carbons (Fsp3) is 0.938. The van der Waals surface area contributed by atoms with E-state index in [2.05, 4.69) is 12.2 Å². The highest BCUT2D eigenvalue weighted by Gasteiger charge is 2.33. The number of nitrogens with zero attached hydrogens (tertiary/aromatic N) is 1. The molecule has 20 heavy (non-hydrogen) atoms.